The van der Waals surface area contributed by atoms with E-state index in [2.05, 4.69) is 32.2 Å². The maximum Gasteiger partial charge on any atom is 0.258 e. The molecular formula is C25H27NO2. The topological polar surface area (TPSA) is 38.3 Å². The van der Waals surface area contributed by atoms with Crippen molar-refractivity contribution in [1.29, 1.82) is 0 Å². The summed E-state index contributed by atoms with van der Waals surface area (Å²) in [6.07, 6.45) is 0. The van der Waals surface area contributed by atoms with Gasteiger partial charge in [0, 0.05) is 0 Å². The van der Waals surface area contributed by atoms with E-state index < -0.39 is 0 Å². The molecule has 28 heavy (non-hydrogen) atoms. The Bertz CT molecular complexity index is 865. The zero-order chi connectivity index (χ0) is 19.9. The molecule has 0 fully saturated rings. The number of carbonyl (C=O) groups excluding carboxylic acids is 1. The molecule has 0 spiro atoms. The molecule has 0 atom stereocenters. The first-order valence-electron chi connectivity index (χ1n) is 9.67. The summed E-state index contributed by atoms with van der Waals surface area (Å²) in [4.78, 5) is 12.6. The Hall–Kier alpha value is -3.07. The van der Waals surface area contributed by atoms with Crippen LogP contribution in [0.1, 0.15) is 48.1 Å². The van der Waals surface area contributed by atoms with Crippen LogP contribution in [0.5, 0.6) is 5.75 Å². The van der Waals surface area contributed by atoms with Crippen LogP contribution in [0.3, 0.4) is 0 Å². The monoisotopic (exact) mass is 373 g/mol. The fraction of sp³-hybridized carbons (Fsp3) is 0.240. The van der Waals surface area contributed by atoms with E-state index in [4.69, 9.17) is 4.74 Å². The zero-order valence-electron chi connectivity index (χ0n) is 16.7. The maximum atomic E-state index is 12.6. The highest BCUT2D eigenvalue weighted by Gasteiger charge is 2.17. The molecule has 3 aromatic carbocycles. The Morgan fingerprint density at radius 3 is 1.96 bits per heavy atom. The van der Waals surface area contributed by atoms with Gasteiger partial charge < -0.3 is 10.1 Å². The van der Waals surface area contributed by atoms with E-state index >= 15 is 0 Å². The van der Waals surface area contributed by atoms with Crippen LogP contribution < -0.4 is 10.1 Å². The number of nitrogens with one attached hydrogen (secondary N) is 1. The van der Waals surface area contributed by atoms with E-state index in [0.29, 0.717) is 11.7 Å². The molecular weight excluding hydrogens is 346 g/mol. The lowest BCUT2D eigenvalue weighted by Gasteiger charge is -2.20. The predicted octanol–water partition coefficient (Wildman–Crippen LogP) is 5.40. The molecule has 1 amide bonds. The van der Waals surface area contributed by atoms with Gasteiger partial charge in [0.05, 0.1) is 6.04 Å². The van der Waals surface area contributed by atoms with Crippen molar-refractivity contribution < 1.29 is 9.53 Å². The van der Waals surface area contributed by atoms with Gasteiger partial charge in [0.25, 0.3) is 5.91 Å². The second-order valence-electron chi connectivity index (χ2n) is 7.28. The van der Waals surface area contributed by atoms with Crippen LogP contribution in [0, 0.1) is 6.92 Å². The van der Waals surface area contributed by atoms with Crippen molar-refractivity contribution in [2.45, 2.75) is 32.7 Å². The number of rotatable bonds is 7. The quantitative estimate of drug-likeness (QED) is 0.602. The van der Waals surface area contributed by atoms with Gasteiger partial charge in [-0.05, 0) is 47.2 Å². The van der Waals surface area contributed by atoms with Gasteiger partial charge in [0.15, 0.2) is 6.61 Å². The van der Waals surface area contributed by atoms with Crippen LogP contribution in [-0.2, 0) is 4.79 Å². The number of hydrogen-bond acceptors (Lipinski definition) is 2. The van der Waals surface area contributed by atoms with Gasteiger partial charge in [-0.15, -0.1) is 0 Å². The van der Waals surface area contributed by atoms with Crippen LogP contribution in [0.15, 0.2) is 78.9 Å². The Morgan fingerprint density at radius 2 is 1.46 bits per heavy atom. The predicted molar refractivity (Wildman–Crippen MR) is 114 cm³/mol. The maximum absolute atomic E-state index is 12.6. The summed E-state index contributed by atoms with van der Waals surface area (Å²) in [5.41, 5.74) is 4.56. The molecule has 0 aromatic heterocycles. The first-order valence-corrected chi connectivity index (χ1v) is 9.67. The Labute approximate surface area is 167 Å². The van der Waals surface area contributed by atoms with Gasteiger partial charge in [-0.1, -0.05) is 80.6 Å². The normalized spacial score (nSPS) is 10.9. The summed E-state index contributed by atoms with van der Waals surface area (Å²) in [5, 5.41) is 3.10. The highest BCUT2D eigenvalue weighted by Crippen LogP contribution is 2.24. The van der Waals surface area contributed by atoms with Gasteiger partial charge in [0.2, 0.25) is 0 Å². The van der Waals surface area contributed by atoms with Gasteiger partial charge >= 0.3 is 0 Å². The second-order valence-corrected chi connectivity index (χ2v) is 7.28. The third kappa shape index (κ3) is 5.01. The molecule has 0 aliphatic carbocycles. The van der Waals surface area contributed by atoms with Crippen LogP contribution >= 0.6 is 0 Å². The largest absolute Gasteiger partial charge is 0.484 e. The van der Waals surface area contributed by atoms with E-state index in [9.17, 15) is 4.79 Å². The van der Waals surface area contributed by atoms with Crippen LogP contribution in [0.25, 0.3) is 0 Å². The highest BCUT2D eigenvalue weighted by atomic mass is 16.5. The summed E-state index contributed by atoms with van der Waals surface area (Å²) in [6, 6.07) is 25.7. The molecule has 0 saturated heterocycles. The van der Waals surface area contributed by atoms with Crippen LogP contribution in [-0.4, -0.2) is 12.5 Å². The van der Waals surface area contributed by atoms with E-state index in [1.807, 2.05) is 72.8 Å². The van der Waals surface area contributed by atoms with Gasteiger partial charge in [-0.25, -0.2) is 0 Å². The van der Waals surface area contributed by atoms with Gasteiger partial charge in [-0.3, -0.25) is 4.79 Å². The zero-order valence-corrected chi connectivity index (χ0v) is 16.7. The van der Waals surface area contributed by atoms with E-state index in [0.717, 1.165) is 11.1 Å². The van der Waals surface area contributed by atoms with Crippen LogP contribution in [0.2, 0.25) is 0 Å². The molecule has 3 aromatic rings. The molecule has 0 bridgehead atoms. The lowest BCUT2D eigenvalue weighted by atomic mass is 9.98. The number of hydrogen-bond donors (Lipinski definition) is 1. The fourth-order valence-corrected chi connectivity index (χ4v) is 3.39. The molecule has 0 radical (unpaired) electrons. The van der Waals surface area contributed by atoms with E-state index in [-0.39, 0.29) is 18.6 Å². The first-order chi connectivity index (χ1) is 13.5. The Morgan fingerprint density at radius 1 is 0.893 bits per heavy atom. The van der Waals surface area contributed by atoms with Gasteiger partial charge in [0.1, 0.15) is 5.75 Å². The number of aryl methyl sites for hydroxylation is 1. The van der Waals surface area contributed by atoms with Crippen molar-refractivity contribution in [3.05, 3.63) is 101 Å². The molecule has 0 aliphatic heterocycles. The lowest BCUT2D eigenvalue weighted by molar-refractivity contribution is -0.123. The number of carbonyl (C=O) groups is 1. The number of ether oxygens (including phenoxy) is 1. The first kappa shape index (κ1) is 19.7. The van der Waals surface area contributed by atoms with Crippen molar-refractivity contribution >= 4 is 5.91 Å². The average Bonchev–Trinajstić information content (AvgIpc) is 2.71. The van der Waals surface area contributed by atoms with Gasteiger partial charge in [-0.2, -0.15) is 0 Å². The summed E-state index contributed by atoms with van der Waals surface area (Å²) in [7, 11) is 0. The Balaban J connectivity index is 1.68. The highest BCUT2D eigenvalue weighted by molar-refractivity contribution is 5.78. The van der Waals surface area contributed by atoms with E-state index in [1.165, 1.54) is 11.1 Å². The van der Waals surface area contributed by atoms with E-state index in [1.54, 1.807) is 0 Å². The van der Waals surface area contributed by atoms with Crippen molar-refractivity contribution in [3.8, 4) is 5.75 Å². The second kappa shape index (κ2) is 9.23. The molecule has 3 rings (SSSR count). The Kier molecular flexibility index (Phi) is 6.49. The summed E-state index contributed by atoms with van der Waals surface area (Å²) < 4.78 is 5.74. The number of benzene rings is 3. The summed E-state index contributed by atoms with van der Waals surface area (Å²) >= 11 is 0. The average molecular weight is 373 g/mol. The van der Waals surface area contributed by atoms with Crippen molar-refractivity contribution in [2.75, 3.05) is 6.61 Å². The minimum atomic E-state index is -0.205. The smallest absolute Gasteiger partial charge is 0.258 e. The third-order valence-corrected chi connectivity index (χ3v) is 4.80. The number of amides is 1. The SMILES string of the molecule is Cc1cc(OCC(=O)NC(c2ccccc2)c2ccccc2)ccc1C(C)C. The standard InChI is InChI=1S/C25H27NO2/c1-18(2)23-15-14-22(16-19(23)3)28-17-24(27)26-25(20-10-6-4-7-11-20)21-12-8-5-9-13-21/h4-16,18,25H,17H2,1-3H3,(H,26,27). The minimum Gasteiger partial charge on any atom is -0.484 e. The van der Waals surface area contributed by atoms with Crippen LogP contribution in [0.4, 0.5) is 0 Å². The minimum absolute atomic E-state index is 0.0172. The molecule has 3 heteroatoms. The summed E-state index contributed by atoms with van der Waals surface area (Å²) in [6.45, 7) is 6.40. The lowest BCUT2D eigenvalue weighted by Crippen LogP contribution is -2.33. The molecule has 0 heterocycles. The molecule has 0 saturated carbocycles. The molecule has 1 N–H and O–H groups in total. The molecule has 0 aliphatic rings. The summed E-state index contributed by atoms with van der Waals surface area (Å²) in [5.74, 6) is 1.03. The molecule has 3 nitrogen and oxygen atoms in total. The van der Waals surface area contributed by atoms with Crippen molar-refractivity contribution in [2.24, 2.45) is 0 Å². The van der Waals surface area contributed by atoms with Crippen molar-refractivity contribution in [1.82, 2.24) is 5.32 Å². The van der Waals surface area contributed by atoms with Crippen molar-refractivity contribution in [3.63, 3.8) is 0 Å². The fourth-order valence-electron chi connectivity index (χ4n) is 3.39. The molecule has 144 valence electrons. The third-order valence-electron chi connectivity index (χ3n) is 4.80. The molecule has 0 unspecified atom stereocenters.